The molecule has 0 spiro atoms. The second-order valence-electron chi connectivity index (χ2n) is 8.02. The van der Waals surface area contributed by atoms with Gasteiger partial charge in [0, 0.05) is 30.8 Å². The molecule has 9 heteroatoms. The number of amides is 2. The molecule has 3 rings (SSSR count). The van der Waals surface area contributed by atoms with Gasteiger partial charge < -0.3 is 14.4 Å². The van der Waals surface area contributed by atoms with Crippen LogP contribution in [-0.2, 0) is 21.5 Å². The molecule has 0 fully saturated rings. The molecule has 0 radical (unpaired) electrons. The summed E-state index contributed by atoms with van der Waals surface area (Å²) in [6.07, 6.45) is 0.613. The van der Waals surface area contributed by atoms with Gasteiger partial charge in [-0.2, -0.15) is 8.42 Å². The molecule has 0 aliphatic carbocycles. The maximum absolute atomic E-state index is 14.3. The number of benzene rings is 3. The van der Waals surface area contributed by atoms with Gasteiger partial charge in [-0.3, -0.25) is 9.59 Å². The Hall–Kier alpha value is -3.72. The molecule has 1 atom stereocenters. The number of halogens is 1. The van der Waals surface area contributed by atoms with Crippen molar-refractivity contribution in [2.24, 2.45) is 0 Å². The van der Waals surface area contributed by atoms with Crippen molar-refractivity contribution in [1.29, 1.82) is 0 Å². The quantitative estimate of drug-likeness (QED) is 0.420. The molecule has 0 saturated carbocycles. The molecule has 7 nitrogen and oxygen atoms in total. The van der Waals surface area contributed by atoms with Crippen molar-refractivity contribution in [2.45, 2.75) is 44.7 Å². The molecule has 0 bridgehead atoms. The molecule has 35 heavy (non-hydrogen) atoms. The third-order valence-electron chi connectivity index (χ3n) is 5.46. The second kappa shape index (κ2) is 11.1. The summed E-state index contributed by atoms with van der Waals surface area (Å²) in [6, 6.07) is 17.6. The average Bonchev–Trinajstić information content (AvgIpc) is 2.82. The predicted octanol–water partition coefficient (Wildman–Crippen LogP) is 4.99. The van der Waals surface area contributed by atoms with Crippen LogP contribution >= 0.6 is 0 Å². The van der Waals surface area contributed by atoms with Crippen molar-refractivity contribution in [3.63, 3.8) is 0 Å². The fourth-order valence-corrected chi connectivity index (χ4v) is 4.38. The van der Waals surface area contributed by atoms with Gasteiger partial charge in [-0.05, 0) is 55.8 Å². The highest BCUT2D eigenvalue weighted by Gasteiger charge is 2.25. The van der Waals surface area contributed by atoms with Gasteiger partial charge in [-0.25, -0.2) is 4.39 Å². The van der Waals surface area contributed by atoms with Crippen LogP contribution in [0.2, 0.25) is 0 Å². The van der Waals surface area contributed by atoms with Crippen molar-refractivity contribution < 1.29 is 26.6 Å². The Labute approximate surface area is 204 Å². The van der Waals surface area contributed by atoms with Crippen LogP contribution in [0.25, 0.3) is 0 Å². The fourth-order valence-electron chi connectivity index (χ4n) is 3.41. The van der Waals surface area contributed by atoms with Crippen LogP contribution in [-0.4, -0.2) is 31.2 Å². The molecule has 2 amide bonds. The number of nitrogens with zero attached hydrogens (tertiary/aromatic N) is 1. The Morgan fingerprint density at radius 1 is 1.00 bits per heavy atom. The largest absolute Gasteiger partial charge is 0.379 e. The molecule has 0 aliphatic rings. The van der Waals surface area contributed by atoms with E-state index in [1.54, 1.807) is 24.3 Å². The Kier molecular flexibility index (Phi) is 8.24. The third-order valence-corrected chi connectivity index (χ3v) is 6.71. The van der Waals surface area contributed by atoms with E-state index in [4.69, 9.17) is 4.18 Å². The number of anilines is 1. The summed E-state index contributed by atoms with van der Waals surface area (Å²) in [4.78, 5) is 25.8. The lowest BCUT2D eigenvalue weighted by Crippen LogP contribution is -2.38. The van der Waals surface area contributed by atoms with Crippen molar-refractivity contribution in [3.8, 4) is 5.75 Å². The second-order valence-corrected chi connectivity index (χ2v) is 9.57. The SMILES string of the molecule is CC[C@@H](C)N(Cc1ccccc1OS(=O)(=O)c1ccc(NC(C)=O)cc1)C(=O)c1ccccc1F. The van der Waals surface area contributed by atoms with Crippen LogP contribution < -0.4 is 9.50 Å². The molecule has 0 unspecified atom stereocenters. The van der Waals surface area contributed by atoms with E-state index in [0.717, 1.165) is 0 Å². The number of carbonyl (C=O) groups excluding carboxylic acids is 2. The molecule has 0 saturated heterocycles. The van der Waals surface area contributed by atoms with E-state index in [-0.39, 0.29) is 34.7 Å². The van der Waals surface area contributed by atoms with Crippen LogP contribution in [0.1, 0.15) is 43.1 Å². The lowest BCUT2D eigenvalue weighted by atomic mass is 10.1. The molecule has 184 valence electrons. The van der Waals surface area contributed by atoms with Gasteiger partial charge in [-0.15, -0.1) is 0 Å². The van der Waals surface area contributed by atoms with Gasteiger partial charge in [0.15, 0.2) is 0 Å². The van der Waals surface area contributed by atoms with Crippen LogP contribution in [0.4, 0.5) is 10.1 Å². The fraction of sp³-hybridized carbons (Fsp3) is 0.231. The monoisotopic (exact) mass is 498 g/mol. The van der Waals surface area contributed by atoms with Crippen molar-refractivity contribution in [1.82, 2.24) is 4.90 Å². The number of nitrogens with one attached hydrogen (secondary N) is 1. The molecule has 1 N–H and O–H groups in total. The first-order chi connectivity index (χ1) is 16.6. The summed E-state index contributed by atoms with van der Waals surface area (Å²) in [6.45, 7) is 5.12. The number of para-hydroxylation sites is 1. The molecule has 3 aromatic carbocycles. The van der Waals surface area contributed by atoms with E-state index in [1.165, 1.54) is 60.4 Å². The smallest absolute Gasteiger partial charge is 0.339 e. The van der Waals surface area contributed by atoms with E-state index in [9.17, 15) is 22.4 Å². The zero-order valence-electron chi connectivity index (χ0n) is 19.7. The third kappa shape index (κ3) is 6.45. The molecular formula is C26H27FN2O5S. The molecular weight excluding hydrogens is 471 g/mol. The number of carbonyl (C=O) groups is 2. The van der Waals surface area contributed by atoms with Gasteiger partial charge in [-0.1, -0.05) is 37.3 Å². The van der Waals surface area contributed by atoms with E-state index < -0.39 is 21.8 Å². The van der Waals surface area contributed by atoms with Crippen molar-refractivity contribution in [2.75, 3.05) is 5.32 Å². The van der Waals surface area contributed by atoms with Gasteiger partial charge in [0.1, 0.15) is 16.5 Å². The van der Waals surface area contributed by atoms with Crippen LogP contribution in [0.5, 0.6) is 5.75 Å². The highest BCUT2D eigenvalue weighted by molar-refractivity contribution is 7.87. The van der Waals surface area contributed by atoms with Gasteiger partial charge in [0.05, 0.1) is 5.56 Å². The molecule has 0 aliphatic heterocycles. The topological polar surface area (TPSA) is 92.8 Å². The Morgan fingerprint density at radius 2 is 1.63 bits per heavy atom. The number of hydrogen-bond acceptors (Lipinski definition) is 5. The van der Waals surface area contributed by atoms with E-state index >= 15 is 0 Å². The first kappa shape index (κ1) is 25.9. The lowest BCUT2D eigenvalue weighted by molar-refractivity contribution is -0.114. The first-order valence-corrected chi connectivity index (χ1v) is 12.5. The van der Waals surface area contributed by atoms with Crippen LogP contribution in [0.15, 0.2) is 77.7 Å². The van der Waals surface area contributed by atoms with Gasteiger partial charge in [0.2, 0.25) is 5.91 Å². The summed E-state index contributed by atoms with van der Waals surface area (Å²) in [5.41, 5.74) is 0.849. The maximum Gasteiger partial charge on any atom is 0.339 e. The standard InChI is InChI=1S/C26H27FN2O5S/c1-4-18(2)29(26(31)23-10-6-7-11-24(23)27)17-20-9-5-8-12-25(20)34-35(32,33)22-15-13-21(14-16-22)28-19(3)30/h5-16,18H,4,17H2,1-3H3,(H,28,30)/t18-/m1/s1. The normalized spacial score (nSPS) is 12.0. The zero-order valence-corrected chi connectivity index (χ0v) is 20.5. The number of rotatable bonds is 9. The Balaban J connectivity index is 1.89. The first-order valence-electron chi connectivity index (χ1n) is 11.1. The summed E-state index contributed by atoms with van der Waals surface area (Å²) in [5.74, 6) is -1.33. The van der Waals surface area contributed by atoms with E-state index in [0.29, 0.717) is 17.7 Å². The van der Waals surface area contributed by atoms with E-state index in [1.807, 2.05) is 13.8 Å². The van der Waals surface area contributed by atoms with Crippen LogP contribution in [0.3, 0.4) is 0 Å². The lowest BCUT2D eigenvalue weighted by Gasteiger charge is -2.29. The average molecular weight is 499 g/mol. The Bertz CT molecular complexity index is 1310. The van der Waals surface area contributed by atoms with Crippen LogP contribution in [0, 0.1) is 5.82 Å². The summed E-state index contributed by atoms with van der Waals surface area (Å²) < 4.78 is 45.6. The molecule has 3 aromatic rings. The van der Waals surface area contributed by atoms with E-state index in [2.05, 4.69) is 5.32 Å². The maximum atomic E-state index is 14.3. The minimum absolute atomic E-state index is 0.0232. The summed E-state index contributed by atoms with van der Waals surface area (Å²) >= 11 is 0. The predicted molar refractivity (Wildman–Crippen MR) is 131 cm³/mol. The van der Waals surface area contributed by atoms with Crippen molar-refractivity contribution >= 4 is 27.6 Å². The Morgan fingerprint density at radius 3 is 2.26 bits per heavy atom. The summed E-state index contributed by atoms with van der Waals surface area (Å²) in [5, 5.41) is 2.57. The minimum atomic E-state index is -4.20. The molecule has 0 heterocycles. The number of hydrogen-bond donors (Lipinski definition) is 1. The molecule has 0 aromatic heterocycles. The zero-order chi connectivity index (χ0) is 25.6. The highest BCUT2D eigenvalue weighted by atomic mass is 32.2. The van der Waals surface area contributed by atoms with Gasteiger partial charge >= 0.3 is 10.1 Å². The highest BCUT2D eigenvalue weighted by Crippen LogP contribution is 2.27. The van der Waals surface area contributed by atoms with Crippen molar-refractivity contribution in [3.05, 3.63) is 89.7 Å². The van der Waals surface area contributed by atoms with Gasteiger partial charge in [0.25, 0.3) is 5.91 Å². The summed E-state index contributed by atoms with van der Waals surface area (Å²) in [7, 11) is -4.20. The minimum Gasteiger partial charge on any atom is -0.379 e.